The van der Waals surface area contributed by atoms with Gasteiger partial charge in [0.2, 0.25) is 0 Å². The number of carbonyl (C=O) groups is 1. The average Bonchev–Trinajstić information content (AvgIpc) is 2.76. The lowest BCUT2D eigenvalue weighted by Gasteiger charge is -2.23. The molecule has 2 heterocycles. The fraction of sp³-hybridized carbons (Fsp3) is 0.533. The Hall–Kier alpha value is -2.13. The second kappa shape index (κ2) is 7.04. The number of aryl methyl sites for hydroxylation is 1. The fourth-order valence-corrected chi connectivity index (χ4v) is 2.39. The van der Waals surface area contributed by atoms with Crippen molar-refractivity contribution in [2.75, 3.05) is 37.7 Å². The van der Waals surface area contributed by atoms with Crippen LogP contribution in [0.5, 0.6) is 0 Å². The number of pyridine rings is 1. The van der Waals surface area contributed by atoms with Gasteiger partial charge in [0.25, 0.3) is 0 Å². The van der Waals surface area contributed by atoms with E-state index in [-0.39, 0.29) is 0 Å². The summed E-state index contributed by atoms with van der Waals surface area (Å²) in [6.45, 7) is 7.33. The van der Waals surface area contributed by atoms with Gasteiger partial charge in [0.1, 0.15) is 11.9 Å². The molecule has 21 heavy (non-hydrogen) atoms. The molecule has 112 valence electrons. The summed E-state index contributed by atoms with van der Waals surface area (Å²) in [4.78, 5) is 18.5. The van der Waals surface area contributed by atoms with Crippen LogP contribution in [-0.2, 0) is 4.74 Å². The molecular weight excluding hydrogens is 268 g/mol. The van der Waals surface area contributed by atoms with E-state index >= 15 is 0 Å². The zero-order valence-electron chi connectivity index (χ0n) is 12.5. The zero-order chi connectivity index (χ0) is 15.2. The SMILES string of the molecule is CCOC(=O)c1cc(C#N)c(N2CCCNCC2)nc1C. The number of nitrogens with one attached hydrogen (secondary N) is 1. The van der Waals surface area contributed by atoms with E-state index in [1.54, 1.807) is 19.9 Å². The quantitative estimate of drug-likeness (QED) is 0.843. The number of nitrogens with zero attached hydrogens (tertiary/aromatic N) is 3. The fourth-order valence-electron chi connectivity index (χ4n) is 2.39. The lowest BCUT2D eigenvalue weighted by Crippen LogP contribution is -2.29. The number of hydrogen-bond acceptors (Lipinski definition) is 6. The highest BCUT2D eigenvalue weighted by Crippen LogP contribution is 2.22. The minimum absolute atomic E-state index is 0.305. The van der Waals surface area contributed by atoms with Crippen LogP contribution in [-0.4, -0.2) is 43.7 Å². The molecule has 6 nitrogen and oxygen atoms in total. The molecule has 2 rings (SSSR count). The molecule has 1 aliphatic heterocycles. The van der Waals surface area contributed by atoms with E-state index in [0.29, 0.717) is 29.2 Å². The molecular formula is C15H20N4O2. The molecule has 1 aromatic rings. The Bertz CT molecular complexity index is 558. The van der Waals surface area contributed by atoms with Crippen molar-refractivity contribution in [3.8, 4) is 6.07 Å². The summed E-state index contributed by atoms with van der Waals surface area (Å²) >= 11 is 0. The Kier molecular flexibility index (Phi) is 5.12. The first kappa shape index (κ1) is 15.3. The summed E-state index contributed by atoms with van der Waals surface area (Å²) in [6.07, 6.45) is 1.01. The highest BCUT2D eigenvalue weighted by atomic mass is 16.5. The molecule has 0 unspecified atom stereocenters. The van der Waals surface area contributed by atoms with Crippen molar-refractivity contribution in [1.29, 1.82) is 5.26 Å². The summed E-state index contributed by atoms with van der Waals surface area (Å²) in [7, 11) is 0. The Morgan fingerprint density at radius 3 is 3.05 bits per heavy atom. The highest BCUT2D eigenvalue weighted by molar-refractivity contribution is 5.91. The number of ether oxygens (including phenoxy) is 1. The average molecular weight is 288 g/mol. The lowest BCUT2D eigenvalue weighted by atomic mass is 10.1. The van der Waals surface area contributed by atoms with Crippen LogP contribution < -0.4 is 10.2 Å². The topological polar surface area (TPSA) is 78.2 Å². The number of nitriles is 1. The van der Waals surface area contributed by atoms with Gasteiger partial charge in [0.15, 0.2) is 0 Å². The van der Waals surface area contributed by atoms with E-state index in [2.05, 4.69) is 21.3 Å². The molecule has 1 aliphatic rings. The van der Waals surface area contributed by atoms with Crippen molar-refractivity contribution in [1.82, 2.24) is 10.3 Å². The lowest BCUT2D eigenvalue weighted by molar-refractivity contribution is 0.0525. The maximum absolute atomic E-state index is 11.9. The van der Waals surface area contributed by atoms with Gasteiger partial charge in [0, 0.05) is 19.6 Å². The standard InChI is InChI=1S/C15H20N4O2/c1-3-21-15(20)13-9-12(10-16)14(18-11(13)2)19-7-4-5-17-6-8-19/h9,17H,3-8H2,1-2H3. The third kappa shape index (κ3) is 3.50. The molecule has 0 aromatic carbocycles. The monoisotopic (exact) mass is 288 g/mol. The summed E-state index contributed by atoms with van der Waals surface area (Å²) < 4.78 is 5.00. The molecule has 0 bridgehead atoms. The van der Waals surface area contributed by atoms with Crippen LogP contribution in [0.25, 0.3) is 0 Å². The Balaban J connectivity index is 2.36. The number of hydrogen-bond donors (Lipinski definition) is 1. The third-order valence-corrected chi connectivity index (χ3v) is 3.45. The van der Waals surface area contributed by atoms with Crippen LogP contribution >= 0.6 is 0 Å². The summed E-state index contributed by atoms with van der Waals surface area (Å²) in [5, 5.41) is 12.7. The second-order valence-corrected chi connectivity index (χ2v) is 4.92. The molecule has 0 spiro atoms. The first-order valence-corrected chi connectivity index (χ1v) is 7.22. The highest BCUT2D eigenvalue weighted by Gasteiger charge is 2.20. The van der Waals surface area contributed by atoms with Crippen molar-refractivity contribution >= 4 is 11.8 Å². The van der Waals surface area contributed by atoms with Gasteiger partial charge in [0.05, 0.1) is 23.4 Å². The van der Waals surface area contributed by atoms with Gasteiger partial charge in [-0.3, -0.25) is 0 Å². The molecule has 1 N–H and O–H groups in total. The van der Waals surface area contributed by atoms with Crippen molar-refractivity contribution in [2.24, 2.45) is 0 Å². The number of carbonyl (C=O) groups excluding carboxylic acids is 1. The second-order valence-electron chi connectivity index (χ2n) is 4.92. The Labute approximate surface area is 124 Å². The predicted molar refractivity (Wildman–Crippen MR) is 79.3 cm³/mol. The molecule has 1 saturated heterocycles. The normalized spacial score (nSPS) is 15.2. The van der Waals surface area contributed by atoms with Crippen LogP contribution in [0.1, 0.15) is 35.0 Å². The van der Waals surface area contributed by atoms with Gasteiger partial charge in [-0.1, -0.05) is 0 Å². The molecule has 0 amide bonds. The van der Waals surface area contributed by atoms with E-state index in [4.69, 9.17) is 4.74 Å². The first-order valence-electron chi connectivity index (χ1n) is 7.22. The molecule has 0 atom stereocenters. The van der Waals surface area contributed by atoms with Crippen LogP contribution in [0, 0.1) is 18.3 Å². The van der Waals surface area contributed by atoms with E-state index in [1.807, 2.05) is 0 Å². The maximum atomic E-state index is 11.9. The van der Waals surface area contributed by atoms with Gasteiger partial charge in [-0.25, -0.2) is 9.78 Å². The van der Waals surface area contributed by atoms with Gasteiger partial charge in [-0.15, -0.1) is 0 Å². The third-order valence-electron chi connectivity index (χ3n) is 3.45. The van der Waals surface area contributed by atoms with E-state index < -0.39 is 5.97 Å². The molecule has 1 fully saturated rings. The van der Waals surface area contributed by atoms with Crippen LogP contribution in [0.15, 0.2) is 6.07 Å². The molecule has 1 aromatic heterocycles. The summed E-state index contributed by atoms with van der Waals surface area (Å²) in [5.41, 5.74) is 1.38. The molecule has 0 radical (unpaired) electrons. The van der Waals surface area contributed by atoms with Gasteiger partial charge in [-0.05, 0) is 32.9 Å². The van der Waals surface area contributed by atoms with Crippen molar-refractivity contribution in [3.63, 3.8) is 0 Å². The van der Waals surface area contributed by atoms with Crippen LogP contribution in [0.3, 0.4) is 0 Å². The van der Waals surface area contributed by atoms with E-state index in [0.717, 1.165) is 32.6 Å². The van der Waals surface area contributed by atoms with E-state index in [1.165, 1.54) is 0 Å². The van der Waals surface area contributed by atoms with Crippen molar-refractivity contribution in [3.05, 3.63) is 22.9 Å². The Morgan fingerprint density at radius 1 is 1.52 bits per heavy atom. The molecule has 0 aliphatic carbocycles. The minimum Gasteiger partial charge on any atom is -0.462 e. The zero-order valence-corrected chi connectivity index (χ0v) is 12.5. The first-order chi connectivity index (χ1) is 10.2. The van der Waals surface area contributed by atoms with Crippen LogP contribution in [0.4, 0.5) is 5.82 Å². The van der Waals surface area contributed by atoms with Crippen LogP contribution in [0.2, 0.25) is 0 Å². The van der Waals surface area contributed by atoms with Gasteiger partial charge < -0.3 is 15.0 Å². The largest absolute Gasteiger partial charge is 0.462 e. The van der Waals surface area contributed by atoms with Crippen molar-refractivity contribution in [2.45, 2.75) is 20.3 Å². The maximum Gasteiger partial charge on any atom is 0.340 e. The number of esters is 1. The number of aromatic nitrogens is 1. The molecule has 6 heteroatoms. The summed E-state index contributed by atoms with van der Waals surface area (Å²) in [6, 6.07) is 3.74. The van der Waals surface area contributed by atoms with Gasteiger partial charge >= 0.3 is 5.97 Å². The van der Waals surface area contributed by atoms with E-state index in [9.17, 15) is 10.1 Å². The van der Waals surface area contributed by atoms with Crippen molar-refractivity contribution < 1.29 is 9.53 Å². The minimum atomic E-state index is -0.428. The Morgan fingerprint density at radius 2 is 2.33 bits per heavy atom. The molecule has 0 saturated carbocycles. The number of rotatable bonds is 3. The smallest absolute Gasteiger partial charge is 0.340 e. The summed E-state index contributed by atoms with van der Waals surface area (Å²) in [5.74, 6) is 0.231. The van der Waals surface area contributed by atoms with Gasteiger partial charge in [-0.2, -0.15) is 5.26 Å². The number of anilines is 1. The predicted octanol–water partition coefficient (Wildman–Crippen LogP) is 1.24.